The van der Waals surface area contributed by atoms with Gasteiger partial charge in [-0.2, -0.15) is 0 Å². The quantitative estimate of drug-likeness (QED) is 0.813. The van der Waals surface area contributed by atoms with Gasteiger partial charge in [-0.05, 0) is 38.0 Å². The van der Waals surface area contributed by atoms with E-state index in [2.05, 4.69) is 46.4 Å². The fourth-order valence-electron chi connectivity index (χ4n) is 3.85. The van der Waals surface area contributed by atoms with Crippen LogP contribution in [-0.2, 0) is 0 Å². The van der Waals surface area contributed by atoms with Crippen molar-refractivity contribution in [1.82, 2.24) is 4.90 Å². The van der Waals surface area contributed by atoms with E-state index in [1.165, 1.54) is 25.8 Å². The molecule has 3 unspecified atom stereocenters. The van der Waals surface area contributed by atoms with Crippen molar-refractivity contribution in [3.63, 3.8) is 0 Å². The predicted molar refractivity (Wildman–Crippen MR) is 80.6 cm³/mol. The monoisotopic (exact) mass is 254 g/mol. The van der Waals surface area contributed by atoms with Gasteiger partial charge in [-0.1, -0.05) is 40.5 Å². The van der Waals surface area contributed by atoms with Crippen LogP contribution < -0.4 is 5.73 Å². The second-order valence-electron chi connectivity index (χ2n) is 7.11. The van der Waals surface area contributed by atoms with Gasteiger partial charge in [0.05, 0.1) is 0 Å². The molecule has 3 atom stereocenters. The third kappa shape index (κ3) is 3.08. The zero-order chi connectivity index (χ0) is 13.9. The van der Waals surface area contributed by atoms with Gasteiger partial charge < -0.3 is 5.73 Å². The SMILES string of the molecule is CC(C)CN(C(C)C)C1(CN)CCCC(C)C1C. The first-order valence-corrected chi connectivity index (χ1v) is 7.82. The summed E-state index contributed by atoms with van der Waals surface area (Å²) in [6, 6.07) is 0.587. The van der Waals surface area contributed by atoms with E-state index in [1.807, 2.05) is 0 Å². The van der Waals surface area contributed by atoms with E-state index in [-0.39, 0.29) is 5.54 Å². The summed E-state index contributed by atoms with van der Waals surface area (Å²) >= 11 is 0. The van der Waals surface area contributed by atoms with E-state index >= 15 is 0 Å². The molecule has 0 heterocycles. The summed E-state index contributed by atoms with van der Waals surface area (Å²) in [6.45, 7) is 16.1. The molecule has 0 aromatic carbocycles. The molecule has 1 rings (SSSR count). The fraction of sp³-hybridized carbons (Fsp3) is 1.00. The Bertz CT molecular complexity index is 249. The van der Waals surface area contributed by atoms with Gasteiger partial charge >= 0.3 is 0 Å². The summed E-state index contributed by atoms with van der Waals surface area (Å²) in [4.78, 5) is 2.71. The van der Waals surface area contributed by atoms with Crippen molar-refractivity contribution < 1.29 is 0 Å². The van der Waals surface area contributed by atoms with Gasteiger partial charge in [0.1, 0.15) is 0 Å². The lowest BCUT2D eigenvalue weighted by molar-refractivity contribution is -0.0365. The van der Waals surface area contributed by atoms with Crippen molar-refractivity contribution in [2.24, 2.45) is 23.5 Å². The summed E-state index contributed by atoms with van der Waals surface area (Å²) in [5.41, 5.74) is 6.50. The Balaban J connectivity index is 3.01. The molecule has 0 aliphatic heterocycles. The Labute approximate surface area is 114 Å². The smallest absolute Gasteiger partial charge is 0.0362 e. The van der Waals surface area contributed by atoms with Crippen molar-refractivity contribution in [2.45, 2.75) is 72.4 Å². The summed E-state index contributed by atoms with van der Waals surface area (Å²) < 4.78 is 0. The maximum Gasteiger partial charge on any atom is 0.0362 e. The van der Waals surface area contributed by atoms with E-state index in [9.17, 15) is 0 Å². The second-order valence-corrected chi connectivity index (χ2v) is 7.11. The average Bonchev–Trinajstić information content (AvgIpc) is 2.30. The number of hydrogen-bond acceptors (Lipinski definition) is 2. The first-order valence-electron chi connectivity index (χ1n) is 7.82. The largest absolute Gasteiger partial charge is 0.329 e. The van der Waals surface area contributed by atoms with Crippen LogP contribution in [0, 0.1) is 17.8 Å². The highest BCUT2D eigenvalue weighted by atomic mass is 15.2. The highest BCUT2D eigenvalue weighted by Gasteiger charge is 2.45. The van der Waals surface area contributed by atoms with Crippen LogP contribution in [0.5, 0.6) is 0 Å². The number of nitrogens with zero attached hydrogens (tertiary/aromatic N) is 1. The zero-order valence-corrected chi connectivity index (χ0v) is 13.4. The molecule has 0 bridgehead atoms. The van der Waals surface area contributed by atoms with Gasteiger partial charge in [-0.25, -0.2) is 0 Å². The molecule has 108 valence electrons. The molecular formula is C16H34N2. The van der Waals surface area contributed by atoms with Crippen LogP contribution in [0.15, 0.2) is 0 Å². The van der Waals surface area contributed by atoms with Gasteiger partial charge in [0, 0.05) is 24.7 Å². The standard InChI is InChI=1S/C16H34N2/c1-12(2)10-18(13(3)4)16(11-17)9-7-8-14(5)15(16)6/h12-15H,7-11,17H2,1-6H3. The highest BCUT2D eigenvalue weighted by molar-refractivity contribution is 5.01. The normalized spacial score (nSPS) is 33.7. The molecule has 1 saturated carbocycles. The molecular weight excluding hydrogens is 220 g/mol. The first-order chi connectivity index (χ1) is 8.35. The third-order valence-electron chi connectivity index (χ3n) is 5.08. The number of nitrogens with two attached hydrogens (primary N) is 1. The minimum Gasteiger partial charge on any atom is -0.329 e. The lowest BCUT2D eigenvalue weighted by Gasteiger charge is -2.54. The predicted octanol–water partition coefficient (Wildman–Crippen LogP) is 3.51. The summed E-state index contributed by atoms with van der Waals surface area (Å²) in [7, 11) is 0. The molecule has 2 heteroatoms. The van der Waals surface area contributed by atoms with Gasteiger partial charge in [0.15, 0.2) is 0 Å². The minimum atomic E-state index is 0.232. The maximum absolute atomic E-state index is 6.26. The second kappa shape index (κ2) is 6.38. The topological polar surface area (TPSA) is 29.3 Å². The molecule has 1 aliphatic carbocycles. The zero-order valence-electron chi connectivity index (χ0n) is 13.4. The molecule has 0 saturated heterocycles. The lowest BCUT2D eigenvalue weighted by Crippen LogP contribution is -2.63. The Morgan fingerprint density at radius 1 is 1.22 bits per heavy atom. The molecule has 0 aromatic heterocycles. The van der Waals surface area contributed by atoms with Crippen LogP contribution >= 0.6 is 0 Å². The fourth-order valence-corrected chi connectivity index (χ4v) is 3.85. The van der Waals surface area contributed by atoms with Crippen molar-refractivity contribution in [3.05, 3.63) is 0 Å². The Hall–Kier alpha value is -0.0800. The molecule has 0 amide bonds. The number of rotatable bonds is 5. The van der Waals surface area contributed by atoms with Crippen LogP contribution in [0.4, 0.5) is 0 Å². The average molecular weight is 254 g/mol. The van der Waals surface area contributed by atoms with Gasteiger partial charge in [0.2, 0.25) is 0 Å². The highest BCUT2D eigenvalue weighted by Crippen LogP contribution is 2.42. The van der Waals surface area contributed by atoms with Crippen molar-refractivity contribution >= 4 is 0 Å². The first kappa shape index (κ1) is 16.0. The third-order valence-corrected chi connectivity index (χ3v) is 5.08. The molecule has 0 aromatic rings. The van der Waals surface area contributed by atoms with Crippen LogP contribution in [0.3, 0.4) is 0 Å². The Morgan fingerprint density at radius 3 is 2.28 bits per heavy atom. The lowest BCUT2D eigenvalue weighted by atomic mass is 9.66. The summed E-state index contributed by atoms with van der Waals surface area (Å²) in [6.07, 6.45) is 3.99. The van der Waals surface area contributed by atoms with E-state index in [0.29, 0.717) is 17.9 Å². The molecule has 2 N–H and O–H groups in total. The van der Waals surface area contributed by atoms with Crippen LogP contribution in [0.2, 0.25) is 0 Å². The van der Waals surface area contributed by atoms with E-state index in [4.69, 9.17) is 5.73 Å². The molecule has 0 spiro atoms. The van der Waals surface area contributed by atoms with Gasteiger partial charge in [-0.3, -0.25) is 4.90 Å². The molecule has 2 nitrogen and oxygen atoms in total. The summed E-state index contributed by atoms with van der Waals surface area (Å²) in [5, 5.41) is 0. The van der Waals surface area contributed by atoms with E-state index in [1.54, 1.807) is 0 Å². The van der Waals surface area contributed by atoms with Gasteiger partial charge in [0.25, 0.3) is 0 Å². The van der Waals surface area contributed by atoms with E-state index < -0.39 is 0 Å². The van der Waals surface area contributed by atoms with Gasteiger partial charge in [-0.15, -0.1) is 0 Å². The van der Waals surface area contributed by atoms with Crippen LogP contribution in [0.1, 0.15) is 60.8 Å². The van der Waals surface area contributed by atoms with Crippen molar-refractivity contribution in [2.75, 3.05) is 13.1 Å². The Morgan fingerprint density at radius 2 is 1.83 bits per heavy atom. The van der Waals surface area contributed by atoms with Crippen LogP contribution in [-0.4, -0.2) is 29.6 Å². The summed E-state index contributed by atoms with van der Waals surface area (Å²) in [5.74, 6) is 2.22. The van der Waals surface area contributed by atoms with Crippen molar-refractivity contribution in [3.8, 4) is 0 Å². The van der Waals surface area contributed by atoms with Crippen LogP contribution in [0.25, 0.3) is 0 Å². The minimum absolute atomic E-state index is 0.232. The maximum atomic E-state index is 6.26. The molecule has 0 radical (unpaired) electrons. The van der Waals surface area contributed by atoms with E-state index in [0.717, 1.165) is 12.5 Å². The Kier molecular flexibility index (Phi) is 5.67. The molecule has 18 heavy (non-hydrogen) atoms. The molecule has 1 aliphatic rings. The van der Waals surface area contributed by atoms with Crippen molar-refractivity contribution in [1.29, 1.82) is 0 Å². The number of hydrogen-bond donors (Lipinski definition) is 1. The molecule has 1 fully saturated rings.